The van der Waals surface area contributed by atoms with E-state index in [0.717, 1.165) is 10.4 Å². The van der Waals surface area contributed by atoms with E-state index in [1.165, 1.54) is 46.8 Å². The summed E-state index contributed by atoms with van der Waals surface area (Å²) in [5.41, 5.74) is 1.61. The quantitative estimate of drug-likeness (QED) is 0.465. The molecule has 1 saturated heterocycles. The summed E-state index contributed by atoms with van der Waals surface area (Å²) in [4.78, 5) is 37.7. The standard InChI is InChI=1S/C23H28N2O6S2/c1-5-31-23(28)20-14(2)16(4)32-22(20)24-21(27)18-10-12-25(13-11-18)33(29,30)19-8-6-17(7-9-19)15(3)26/h6-9,18H,5,10-13H2,1-4H3,(H,24,27). The largest absolute Gasteiger partial charge is 0.462 e. The molecule has 0 atom stereocenters. The Balaban J connectivity index is 1.66. The van der Waals surface area contributed by atoms with Crippen molar-refractivity contribution >= 4 is 44.0 Å². The first-order chi connectivity index (χ1) is 15.6. The van der Waals surface area contributed by atoms with Crippen LogP contribution in [0.3, 0.4) is 0 Å². The molecule has 1 fully saturated rings. The number of carbonyl (C=O) groups excluding carboxylic acids is 3. The van der Waals surface area contributed by atoms with Gasteiger partial charge in [-0.05, 0) is 58.2 Å². The molecule has 0 saturated carbocycles. The number of carbonyl (C=O) groups is 3. The van der Waals surface area contributed by atoms with Crippen LogP contribution in [0.15, 0.2) is 29.2 Å². The predicted molar refractivity (Wildman–Crippen MR) is 126 cm³/mol. The molecule has 1 aromatic carbocycles. The first-order valence-corrected chi connectivity index (χ1v) is 13.0. The third kappa shape index (κ3) is 5.34. The van der Waals surface area contributed by atoms with Crippen molar-refractivity contribution in [2.75, 3.05) is 25.0 Å². The number of ketones is 1. The molecule has 8 nitrogen and oxygen atoms in total. The molecular formula is C23H28N2O6S2. The lowest BCUT2D eigenvalue weighted by molar-refractivity contribution is -0.120. The van der Waals surface area contributed by atoms with Gasteiger partial charge in [-0.1, -0.05) is 12.1 Å². The Morgan fingerprint density at radius 2 is 1.73 bits per heavy atom. The van der Waals surface area contributed by atoms with Crippen molar-refractivity contribution in [3.05, 3.63) is 45.8 Å². The minimum absolute atomic E-state index is 0.124. The van der Waals surface area contributed by atoms with Crippen LogP contribution in [0.1, 0.15) is 57.8 Å². The van der Waals surface area contributed by atoms with Crippen molar-refractivity contribution in [1.29, 1.82) is 0 Å². The number of benzene rings is 1. The summed E-state index contributed by atoms with van der Waals surface area (Å²) in [6.45, 7) is 7.51. The van der Waals surface area contributed by atoms with E-state index in [4.69, 9.17) is 4.74 Å². The zero-order valence-corrected chi connectivity index (χ0v) is 20.8. The molecule has 33 heavy (non-hydrogen) atoms. The Morgan fingerprint density at radius 3 is 2.27 bits per heavy atom. The van der Waals surface area contributed by atoms with E-state index in [9.17, 15) is 22.8 Å². The van der Waals surface area contributed by atoms with Gasteiger partial charge in [-0.15, -0.1) is 11.3 Å². The first kappa shape index (κ1) is 25.1. The highest BCUT2D eigenvalue weighted by molar-refractivity contribution is 7.89. The van der Waals surface area contributed by atoms with E-state index in [1.54, 1.807) is 6.92 Å². The minimum Gasteiger partial charge on any atom is -0.462 e. The van der Waals surface area contributed by atoms with Crippen LogP contribution in [0.25, 0.3) is 0 Å². The molecule has 10 heteroatoms. The van der Waals surface area contributed by atoms with Gasteiger partial charge in [0.05, 0.1) is 17.1 Å². The predicted octanol–water partition coefficient (Wildman–Crippen LogP) is 3.78. The molecule has 2 heterocycles. The van der Waals surface area contributed by atoms with Gasteiger partial charge in [0.25, 0.3) is 0 Å². The molecular weight excluding hydrogens is 464 g/mol. The number of ether oxygens (including phenoxy) is 1. The average Bonchev–Trinajstić information content (AvgIpc) is 3.06. The molecule has 1 amide bonds. The molecule has 178 valence electrons. The molecule has 1 aliphatic rings. The number of sulfonamides is 1. The zero-order chi connectivity index (χ0) is 24.3. The van der Waals surface area contributed by atoms with Gasteiger partial charge in [0, 0.05) is 29.4 Å². The Labute approximate surface area is 198 Å². The first-order valence-electron chi connectivity index (χ1n) is 10.7. The second-order valence-electron chi connectivity index (χ2n) is 7.96. The number of piperidine rings is 1. The smallest absolute Gasteiger partial charge is 0.341 e. The van der Waals surface area contributed by atoms with E-state index in [1.807, 2.05) is 13.8 Å². The van der Waals surface area contributed by atoms with Crippen molar-refractivity contribution in [3.63, 3.8) is 0 Å². The lowest BCUT2D eigenvalue weighted by atomic mass is 9.97. The maximum atomic E-state index is 12.9. The highest BCUT2D eigenvalue weighted by atomic mass is 32.2. The molecule has 1 aliphatic heterocycles. The van der Waals surface area contributed by atoms with E-state index in [2.05, 4.69) is 5.32 Å². The van der Waals surface area contributed by atoms with Gasteiger partial charge in [-0.25, -0.2) is 13.2 Å². The Kier molecular flexibility index (Phi) is 7.71. The Hall–Kier alpha value is -2.56. The lowest BCUT2D eigenvalue weighted by Crippen LogP contribution is -2.41. The molecule has 0 radical (unpaired) electrons. The second kappa shape index (κ2) is 10.1. The summed E-state index contributed by atoms with van der Waals surface area (Å²) in [7, 11) is -3.71. The van der Waals surface area contributed by atoms with Gasteiger partial charge in [0.2, 0.25) is 15.9 Å². The fourth-order valence-electron chi connectivity index (χ4n) is 3.75. The van der Waals surface area contributed by atoms with Crippen molar-refractivity contribution in [1.82, 2.24) is 4.31 Å². The van der Waals surface area contributed by atoms with Crippen LogP contribution in [-0.2, 0) is 19.6 Å². The number of anilines is 1. The monoisotopic (exact) mass is 492 g/mol. The van der Waals surface area contributed by atoms with E-state index < -0.39 is 16.0 Å². The molecule has 1 aromatic heterocycles. The Morgan fingerprint density at radius 1 is 1.12 bits per heavy atom. The summed E-state index contributed by atoms with van der Waals surface area (Å²) in [5, 5.41) is 3.33. The minimum atomic E-state index is -3.71. The van der Waals surface area contributed by atoms with Gasteiger partial charge in [0.1, 0.15) is 5.00 Å². The highest BCUT2D eigenvalue weighted by Crippen LogP contribution is 2.34. The van der Waals surface area contributed by atoms with Gasteiger partial charge in [-0.2, -0.15) is 4.31 Å². The van der Waals surface area contributed by atoms with Crippen LogP contribution in [0.4, 0.5) is 5.00 Å². The normalized spacial score (nSPS) is 15.3. The summed E-state index contributed by atoms with van der Waals surface area (Å²) in [6.07, 6.45) is 0.739. The van der Waals surface area contributed by atoms with E-state index in [0.29, 0.717) is 29.0 Å². The van der Waals surface area contributed by atoms with Crippen molar-refractivity contribution in [2.24, 2.45) is 5.92 Å². The highest BCUT2D eigenvalue weighted by Gasteiger charge is 2.33. The fraction of sp³-hybridized carbons (Fsp3) is 0.435. The third-order valence-corrected chi connectivity index (χ3v) is 8.86. The zero-order valence-electron chi connectivity index (χ0n) is 19.1. The number of nitrogens with one attached hydrogen (secondary N) is 1. The fourth-order valence-corrected chi connectivity index (χ4v) is 6.27. The number of hydrogen-bond donors (Lipinski definition) is 1. The van der Waals surface area contributed by atoms with Crippen molar-refractivity contribution < 1.29 is 27.5 Å². The summed E-state index contributed by atoms with van der Waals surface area (Å²) >= 11 is 1.33. The maximum Gasteiger partial charge on any atom is 0.341 e. The lowest BCUT2D eigenvalue weighted by Gasteiger charge is -2.30. The number of thiophene rings is 1. The second-order valence-corrected chi connectivity index (χ2v) is 11.1. The van der Waals surface area contributed by atoms with E-state index in [-0.39, 0.29) is 42.2 Å². The van der Waals surface area contributed by atoms with Gasteiger partial charge in [0.15, 0.2) is 5.78 Å². The topological polar surface area (TPSA) is 110 Å². The van der Waals surface area contributed by atoms with Crippen LogP contribution in [0.5, 0.6) is 0 Å². The number of nitrogens with zero attached hydrogens (tertiary/aromatic N) is 1. The van der Waals surface area contributed by atoms with Gasteiger partial charge >= 0.3 is 5.97 Å². The number of Topliss-reactive ketones (excluding diaryl/α,β-unsaturated/α-hetero) is 1. The van der Waals surface area contributed by atoms with Crippen molar-refractivity contribution in [3.8, 4) is 0 Å². The summed E-state index contributed by atoms with van der Waals surface area (Å²) < 4.78 is 32.4. The number of amides is 1. The SMILES string of the molecule is CCOC(=O)c1c(NC(=O)C2CCN(S(=O)(=O)c3ccc(C(C)=O)cc3)CC2)sc(C)c1C. The number of hydrogen-bond acceptors (Lipinski definition) is 7. The van der Waals surface area contributed by atoms with Crippen LogP contribution >= 0.6 is 11.3 Å². The number of aryl methyl sites for hydroxylation is 1. The third-order valence-electron chi connectivity index (χ3n) is 5.82. The molecule has 0 bridgehead atoms. The number of rotatable bonds is 7. The molecule has 0 unspecified atom stereocenters. The average molecular weight is 493 g/mol. The van der Waals surface area contributed by atoms with Crippen LogP contribution < -0.4 is 5.32 Å². The van der Waals surface area contributed by atoms with Crippen LogP contribution in [-0.4, -0.2) is 50.1 Å². The van der Waals surface area contributed by atoms with E-state index >= 15 is 0 Å². The molecule has 3 rings (SSSR count). The Bertz CT molecular complexity index is 1160. The van der Waals surface area contributed by atoms with Crippen LogP contribution in [0.2, 0.25) is 0 Å². The number of esters is 1. The molecule has 1 N–H and O–H groups in total. The molecule has 2 aromatic rings. The molecule has 0 spiro atoms. The van der Waals surface area contributed by atoms with Crippen molar-refractivity contribution in [2.45, 2.75) is 45.4 Å². The summed E-state index contributed by atoms with van der Waals surface area (Å²) in [6, 6.07) is 5.87. The molecule has 0 aliphatic carbocycles. The van der Waals surface area contributed by atoms with Gasteiger partial charge < -0.3 is 10.1 Å². The maximum absolute atomic E-state index is 12.9. The van der Waals surface area contributed by atoms with Gasteiger partial charge in [-0.3, -0.25) is 9.59 Å². The summed E-state index contributed by atoms with van der Waals surface area (Å²) in [5.74, 6) is -1.20. The van der Waals surface area contributed by atoms with Crippen LogP contribution in [0, 0.1) is 19.8 Å².